The number of nitrogens with two attached hydrogens (primary N) is 1. The zero-order valence-corrected chi connectivity index (χ0v) is 11.2. The molecule has 1 saturated carbocycles. The molecule has 4 N–H and O–H groups in total. The third kappa shape index (κ3) is 3.44. The fourth-order valence-electron chi connectivity index (χ4n) is 2.50. The summed E-state index contributed by atoms with van der Waals surface area (Å²) in [6.07, 6.45) is 5.60. The van der Waals surface area contributed by atoms with Gasteiger partial charge in [0.1, 0.15) is 0 Å². The topological polar surface area (TPSA) is 106 Å². The smallest absolute Gasteiger partial charge is 0.322 e. The second kappa shape index (κ2) is 6.01. The fourth-order valence-corrected chi connectivity index (χ4v) is 2.50. The van der Waals surface area contributed by atoms with E-state index in [-0.39, 0.29) is 24.0 Å². The third-order valence-electron chi connectivity index (χ3n) is 3.69. The number of nitrogens with one attached hydrogen (secondary N) is 1. The van der Waals surface area contributed by atoms with Crippen molar-refractivity contribution in [2.24, 2.45) is 5.41 Å². The second-order valence-electron chi connectivity index (χ2n) is 5.08. The van der Waals surface area contributed by atoms with Gasteiger partial charge < -0.3 is 20.9 Å². The zero-order valence-electron chi connectivity index (χ0n) is 11.2. The number of rotatable bonds is 5. The van der Waals surface area contributed by atoms with Gasteiger partial charge in [-0.3, -0.25) is 0 Å². The number of hydrogen-bond acceptors (Lipinski definition) is 7. The van der Waals surface area contributed by atoms with Crippen LogP contribution in [0, 0.1) is 5.41 Å². The molecular weight excluding hydrogens is 246 g/mol. The Labute approximate surface area is 112 Å². The van der Waals surface area contributed by atoms with Crippen molar-refractivity contribution >= 4 is 11.9 Å². The van der Waals surface area contributed by atoms with Crippen LogP contribution in [0.25, 0.3) is 0 Å². The summed E-state index contributed by atoms with van der Waals surface area (Å²) in [5.41, 5.74) is 5.50. The first kappa shape index (κ1) is 13.8. The van der Waals surface area contributed by atoms with E-state index in [1.807, 2.05) is 0 Å². The largest absolute Gasteiger partial charge is 0.467 e. The number of methoxy groups -OCH3 is 1. The molecule has 1 aliphatic carbocycles. The van der Waals surface area contributed by atoms with Gasteiger partial charge in [-0.05, 0) is 12.8 Å². The Bertz CT molecular complexity index is 421. The van der Waals surface area contributed by atoms with Gasteiger partial charge in [0.25, 0.3) is 0 Å². The summed E-state index contributed by atoms with van der Waals surface area (Å²) in [6.45, 7) is 0.813. The van der Waals surface area contributed by atoms with Crippen molar-refractivity contribution in [3.05, 3.63) is 0 Å². The van der Waals surface area contributed by atoms with Gasteiger partial charge in [0, 0.05) is 12.0 Å². The number of aliphatic hydroxyl groups excluding tert-OH is 1. The van der Waals surface area contributed by atoms with Gasteiger partial charge in [-0.1, -0.05) is 19.3 Å². The van der Waals surface area contributed by atoms with Crippen LogP contribution in [-0.4, -0.2) is 40.3 Å². The average molecular weight is 267 g/mol. The maximum atomic E-state index is 9.63. The summed E-state index contributed by atoms with van der Waals surface area (Å²) < 4.78 is 4.95. The van der Waals surface area contributed by atoms with E-state index in [0.717, 1.165) is 25.7 Å². The molecule has 1 aliphatic rings. The molecule has 0 atom stereocenters. The first-order valence-electron chi connectivity index (χ1n) is 6.58. The van der Waals surface area contributed by atoms with Crippen molar-refractivity contribution in [3.8, 4) is 6.01 Å². The second-order valence-corrected chi connectivity index (χ2v) is 5.08. The fraction of sp³-hybridized carbons (Fsp3) is 0.750. The van der Waals surface area contributed by atoms with Gasteiger partial charge >= 0.3 is 6.01 Å². The molecular formula is C12H21N5O2. The molecule has 1 fully saturated rings. The highest BCUT2D eigenvalue weighted by atomic mass is 16.5. The van der Waals surface area contributed by atoms with Gasteiger partial charge in [0.2, 0.25) is 11.9 Å². The Morgan fingerprint density at radius 2 is 2.00 bits per heavy atom. The van der Waals surface area contributed by atoms with Crippen molar-refractivity contribution in [1.82, 2.24) is 15.0 Å². The molecule has 106 valence electrons. The summed E-state index contributed by atoms with van der Waals surface area (Å²) in [6, 6.07) is 0.191. The van der Waals surface area contributed by atoms with Crippen LogP contribution in [0.3, 0.4) is 0 Å². The predicted molar refractivity (Wildman–Crippen MR) is 71.9 cm³/mol. The lowest BCUT2D eigenvalue weighted by Gasteiger charge is -2.35. The minimum atomic E-state index is -0.0765. The third-order valence-corrected chi connectivity index (χ3v) is 3.69. The van der Waals surface area contributed by atoms with Crippen LogP contribution in [0.4, 0.5) is 11.9 Å². The molecule has 0 aromatic carbocycles. The Kier molecular flexibility index (Phi) is 4.36. The van der Waals surface area contributed by atoms with Crippen LogP contribution >= 0.6 is 0 Å². The van der Waals surface area contributed by atoms with Gasteiger partial charge in [0.15, 0.2) is 0 Å². The van der Waals surface area contributed by atoms with Gasteiger partial charge in [-0.25, -0.2) is 0 Å². The van der Waals surface area contributed by atoms with Crippen LogP contribution in [0.5, 0.6) is 6.01 Å². The molecule has 7 nitrogen and oxygen atoms in total. The number of ether oxygens (including phenoxy) is 1. The van der Waals surface area contributed by atoms with E-state index in [2.05, 4.69) is 20.3 Å². The highest BCUT2D eigenvalue weighted by Gasteiger charge is 2.31. The molecule has 0 bridgehead atoms. The van der Waals surface area contributed by atoms with Crippen LogP contribution in [0.2, 0.25) is 0 Å². The Morgan fingerprint density at radius 3 is 2.63 bits per heavy atom. The van der Waals surface area contributed by atoms with Crippen LogP contribution < -0.4 is 15.8 Å². The van der Waals surface area contributed by atoms with E-state index in [9.17, 15) is 5.11 Å². The summed E-state index contributed by atoms with van der Waals surface area (Å²) in [5, 5.41) is 12.8. The maximum absolute atomic E-state index is 9.63. The molecule has 2 rings (SSSR count). The number of anilines is 2. The average Bonchev–Trinajstić information content (AvgIpc) is 2.45. The lowest BCUT2D eigenvalue weighted by molar-refractivity contribution is 0.0942. The number of aromatic nitrogens is 3. The van der Waals surface area contributed by atoms with Crippen molar-refractivity contribution in [2.75, 3.05) is 31.3 Å². The van der Waals surface area contributed by atoms with Crippen molar-refractivity contribution in [2.45, 2.75) is 32.1 Å². The monoisotopic (exact) mass is 267 g/mol. The van der Waals surface area contributed by atoms with Gasteiger partial charge in [0.05, 0.1) is 13.7 Å². The highest BCUT2D eigenvalue weighted by molar-refractivity contribution is 5.32. The van der Waals surface area contributed by atoms with Crippen molar-refractivity contribution < 1.29 is 9.84 Å². The summed E-state index contributed by atoms with van der Waals surface area (Å²) >= 11 is 0. The number of aliphatic hydroxyl groups is 1. The lowest BCUT2D eigenvalue weighted by Crippen LogP contribution is -2.36. The molecule has 1 aromatic rings. The van der Waals surface area contributed by atoms with E-state index < -0.39 is 0 Å². The summed E-state index contributed by atoms with van der Waals surface area (Å²) in [4.78, 5) is 11.9. The summed E-state index contributed by atoms with van der Waals surface area (Å²) in [5.74, 6) is 0.513. The molecule has 0 aliphatic heterocycles. The Morgan fingerprint density at radius 1 is 1.26 bits per heavy atom. The molecule has 0 unspecified atom stereocenters. The number of nitrogens with zero attached hydrogens (tertiary/aromatic N) is 3. The summed E-state index contributed by atoms with van der Waals surface area (Å²) in [7, 11) is 1.48. The molecule has 0 spiro atoms. The van der Waals surface area contributed by atoms with E-state index in [1.165, 1.54) is 13.5 Å². The van der Waals surface area contributed by atoms with Crippen LogP contribution in [0.15, 0.2) is 0 Å². The first-order chi connectivity index (χ1) is 9.17. The van der Waals surface area contributed by atoms with Crippen LogP contribution in [-0.2, 0) is 0 Å². The standard InChI is InChI=1S/C12H21N5O2/c1-19-11-16-9(13)15-10(17-11)14-7-12(8-18)5-3-2-4-6-12/h18H,2-8H2,1H3,(H3,13,14,15,16,17). The predicted octanol–water partition coefficient (Wildman–Crippen LogP) is 0.817. The molecule has 0 saturated heterocycles. The molecule has 19 heavy (non-hydrogen) atoms. The number of nitrogen functional groups attached to an aromatic ring is 1. The highest BCUT2D eigenvalue weighted by Crippen LogP contribution is 2.35. The normalized spacial score (nSPS) is 18.0. The first-order valence-corrected chi connectivity index (χ1v) is 6.58. The van der Waals surface area contributed by atoms with E-state index in [0.29, 0.717) is 12.5 Å². The molecule has 0 radical (unpaired) electrons. The van der Waals surface area contributed by atoms with Crippen molar-refractivity contribution in [3.63, 3.8) is 0 Å². The maximum Gasteiger partial charge on any atom is 0.322 e. The quantitative estimate of drug-likeness (QED) is 0.725. The molecule has 7 heteroatoms. The number of hydrogen-bond donors (Lipinski definition) is 3. The van der Waals surface area contributed by atoms with Gasteiger partial charge in [-0.15, -0.1) is 0 Å². The Balaban J connectivity index is 2.02. The lowest BCUT2D eigenvalue weighted by atomic mass is 9.74. The minimum absolute atomic E-state index is 0.0765. The SMILES string of the molecule is COc1nc(N)nc(NCC2(CO)CCCCC2)n1. The molecule has 1 heterocycles. The molecule has 1 aromatic heterocycles. The van der Waals surface area contributed by atoms with E-state index in [1.54, 1.807) is 0 Å². The zero-order chi connectivity index (χ0) is 13.7. The van der Waals surface area contributed by atoms with Crippen LogP contribution in [0.1, 0.15) is 32.1 Å². The van der Waals surface area contributed by atoms with Gasteiger partial charge in [-0.2, -0.15) is 15.0 Å². The van der Waals surface area contributed by atoms with Crippen molar-refractivity contribution in [1.29, 1.82) is 0 Å². The van der Waals surface area contributed by atoms with E-state index >= 15 is 0 Å². The Hall–Kier alpha value is -1.63. The minimum Gasteiger partial charge on any atom is -0.467 e. The molecule has 0 amide bonds. The van der Waals surface area contributed by atoms with E-state index in [4.69, 9.17) is 10.5 Å².